The van der Waals surface area contributed by atoms with Gasteiger partial charge in [0, 0.05) is 25.7 Å². The molecular formula is C18H31IN4O. The van der Waals surface area contributed by atoms with Crippen molar-refractivity contribution in [1.29, 1.82) is 0 Å². The van der Waals surface area contributed by atoms with Crippen LogP contribution in [0.15, 0.2) is 29.3 Å². The SMILES string of the molecule is CCNC(=NCc1cccc(C(=O)NC)c1)NCCCC(C)C.I. The van der Waals surface area contributed by atoms with Gasteiger partial charge in [0.05, 0.1) is 6.54 Å². The van der Waals surface area contributed by atoms with Gasteiger partial charge in [0.1, 0.15) is 0 Å². The van der Waals surface area contributed by atoms with Crippen molar-refractivity contribution in [3.8, 4) is 0 Å². The second-order valence-corrected chi connectivity index (χ2v) is 5.94. The predicted octanol–water partition coefficient (Wildman–Crippen LogP) is 3.16. The van der Waals surface area contributed by atoms with E-state index >= 15 is 0 Å². The maximum absolute atomic E-state index is 11.7. The fraction of sp³-hybridized carbons (Fsp3) is 0.556. The van der Waals surface area contributed by atoms with E-state index in [2.05, 4.69) is 41.7 Å². The zero-order valence-corrected chi connectivity index (χ0v) is 17.5. The fourth-order valence-electron chi connectivity index (χ4n) is 2.18. The smallest absolute Gasteiger partial charge is 0.251 e. The number of carbonyl (C=O) groups excluding carboxylic acids is 1. The van der Waals surface area contributed by atoms with Crippen molar-refractivity contribution in [3.05, 3.63) is 35.4 Å². The highest BCUT2D eigenvalue weighted by Crippen LogP contribution is 2.07. The van der Waals surface area contributed by atoms with E-state index in [9.17, 15) is 4.79 Å². The number of amides is 1. The summed E-state index contributed by atoms with van der Waals surface area (Å²) >= 11 is 0. The maximum Gasteiger partial charge on any atom is 0.251 e. The number of benzene rings is 1. The summed E-state index contributed by atoms with van der Waals surface area (Å²) in [5.74, 6) is 1.47. The second kappa shape index (κ2) is 13.0. The molecule has 1 aromatic rings. The minimum absolute atomic E-state index is 0. The number of nitrogens with zero attached hydrogens (tertiary/aromatic N) is 1. The summed E-state index contributed by atoms with van der Waals surface area (Å²) in [6.07, 6.45) is 2.34. The molecule has 0 heterocycles. The highest BCUT2D eigenvalue weighted by Gasteiger charge is 2.04. The largest absolute Gasteiger partial charge is 0.357 e. The Balaban J connectivity index is 0.00000529. The van der Waals surface area contributed by atoms with Gasteiger partial charge in [-0.3, -0.25) is 4.79 Å². The van der Waals surface area contributed by atoms with Crippen molar-refractivity contribution in [2.45, 2.75) is 40.2 Å². The molecule has 0 aliphatic heterocycles. The molecule has 0 aromatic heterocycles. The molecule has 0 saturated heterocycles. The van der Waals surface area contributed by atoms with E-state index in [0.717, 1.165) is 37.0 Å². The van der Waals surface area contributed by atoms with Crippen LogP contribution in [0.4, 0.5) is 0 Å². The summed E-state index contributed by atoms with van der Waals surface area (Å²) in [6.45, 7) is 8.82. The van der Waals surface area contributed by atoms with Gasteiger partial charge in [-0.05, 0) is 43.4 Å². The first-order chi connectivity index (χ1) is 11.1. The van der Waals surface area contributed by atoms with Gasteiger partial charge in [0.2, 0.25) is 0 Å². The van der Waals surface area contributed by atoms with Gasteiger partial charge in [-0.25, -0.2) is 4.99 Å². The van der Waals surface area contributed by atoms with E-state index in [1.54, 1.807) is 13.1 Å². The third kappa shape index (κ3) is 9.10. The Morgan fingerprint density at radius 2 is 2.00 bits per heavy atom. The molecule has 136 valence electrons. The standard InChI is InChI=1S/C18H30N4O.HI/c1-5-20-18(21-11-7-8-14(2)3)22-13-15-9-6-10-16(12-15)17(23)19-4;/h6,9-10,12,14H,5,7-8,11,13H2,1-4H3,(H,19,23)(H2,20,21,22);1H. The first kappa shape index (κ1) is 22.7. The monoisotopic (exact) mass is 446 g/mol. The number of aliphatic imine (C=N–C) groups is 1. The lowest BCUT2D eigenvalue weighted by Crippen LogP contribution is -2.37. The molecule has 1 rings (SSSR count). The zero-order valence-electron chi connectivity index (χ0n) is 15.2. The summed E-state index contributed by atoms with van der Waals surface area (Å²) in [4.78, 5) is 16.3. The Bertz CT molecular complexity index is 517. The average molecular weight is 446 g/mol. The number of carbonyl (C=O) groups is 1. The van der Waals surface area contributed by atoms with Gasteiger partial charge in [-0.1, -0.05) is 26.0 Å². The Morgan fingerprint density at radius 3 is 2.62 bits per heavy atom. The highest BCUT2D eigenvalue weighted by molar-refractivity contribution is 14.0. The number of nitrogens with one attached hydrogen (secondary N) is 3. The lowest BCUT2D eigenvalue weighted by atomic mass is 10.1. The van der Waals surface area contributed by atoms with Crippen molar-refractivity contribution in [2.75, 3.05) is 20.1 Å². The second-order valence-electron chi connectivity index (χ2n) is 5.94. The van der Waals surface area contributed by atoms with Crippen LogP contribution < -0.4 is 16.0 Å². The molecule has 0 radical (unpaired) electrons. The number of hydrogen-bond donors (Lipinski definition) is 3. The Labute approximate surface area is 163 Å². The van der Waals surface area contributed by atoms with Crippen molar-refractivity contribution < 1.29 is 4.79 Å². The Morgan fingerprint density at radius 1 is 1.25 bits per heavy atom. The number of halogens is 1. The molecule has 0 aliphatic rings. The minimum atomic E-state index is -0.0745. The van der Waals surface area contributed by atoms with E-state index in [4.69, 9.17) is 0 Å². The molecule has 1 amide bonds. The number of rotatable bonds is 8. The molecule has 0 unspecified atom stereocenters. The van der Waals surface area contributed by atoms with Gasteiger partial charge >= 0.3 is 0 Å². The topological polar surface area (TPSA) is 65.5 Å². The molecule has 0 fully saturated rings. The lowest BCUT2D eigenvalue weighted by Gasteiger charge is -2.12. The third-order valence-corrected chi connectivity index (χ3v) is 3.43. The fourth-order valence-corrected chi connectivity index (χ4v) is 2.18. The summed E-state index contributed by atoms with van der Waals surface area (Å²) < 4.78 is 0. The molecule has 0 spiro atoms. The molecule has 0 saturated carbocycles. The van der Waals surface area contributed by atoms with Crippen LogP contribution in [-0.2, 0) is 6.54 Å². The summed E-state index contributed by atoms with van der Waals surface area (Å²) in [5, 5.41) is 9.24. The highest BCUT2D eigenvalue weighted by atomic mass is 127. The van der Waals surface area contributed by atoms with Crippen LogP contribution in [0.1, 0.15) is 49.5 Å². The summed E-state index contributed by atoms with van der Waals surface area (Å²) in [6, 6.07) is 7.56. The molecule has 6 heteroatoms. The van der Waals surface area contributed by atoms with Gasteiger partial charge in [-0.2, -0.15) is 0 Å². The van der Waals surface area contributed by atoms with Crippen molar-refractivity contribution in [2.24, 2.45) is 10.9 Å². The van der Waals surface area contributed by atoms with Gasteiger partial charge in [0.25, 0.3) is 5.91 Å². The van der Waals surface area contributed by atoms with E-state index in [-0.39, 0.29) is 29.9 Å². The molecule has 5 nitrogen and oxygen atoms in total. The van der Waals surface area contributed by atoms with Crippen LogP contribution in [0.5, 0.6) is 0 Å². The van der Waals surface area contributed by atoms with E-state index < -0.39 is 0 Å². The van der Waals surface area contributed by atoms with Crippen LogP contribution in [0.3, 0.4) is 0 Å². The number of guanidine groups is 1. The summed E-state index contributed by atoms with van der Waals surface area (Å²) in [5.41, 5.74) is 1.68. The quantitative estimate of drug-likeness (QED) is 0.249. The van der Waals surface area contributed by atoms with E-state index in [0.29, 0.717) is 12.1 Å². The van der Waals surface area contributed by atoms with Crippen LogP contribution >= 0.6 is 24.0 Å². The molecule has 3 N–H and O–H groups in total. The van der Waals surface area contributed by atoms with Crippen molar-refractivity contribution in [3.63, 3.8) is 0 Å². The van der Waals surface area contributed by atoms with Crippen LogP contribution in [0.2, 0.25) is 0 Å². The van der Waals surface area contributed by atoms with Crippen LogP contribution in [-0.4, -0.2) is 32.0 Å². The predicted molar refractivity (Wildman–Crippen MR) is 112 cm³/mol. The van der Waals surface area contributed by atoms with E-state index in [1.165, 1.54) is 6.42 Å². The normalized spacial score (nSPS) is 11.0. The van der Waals surface area contributed by atoms with Crippen LogP contribution in [0.25, 0.3) is 0 Å². The first-order valence-electron chi connectivity index (χ1n) is 8.40. The summed E-state index contributed by atoms with van der Waals surface area (Å²) in [7, 11) is 1.64. The zero-order chi connectivity index (χ0) is 17.1. The Hall–Kier alpha value is -1.31. The molecule has 0 bridgehead atoms. The molecule has 0 atom stereocenters. The van der Waals surface area contributed by atoms with Gasteiger partial charge < -0.3 is 16.0 Å². The minimum Gasteiger partial charge on any atom is -0.357 e. The van der Waals surface area contributed by atoms with Crippen molar-refractivity contribution in [1.82, 2.24) is 16.0 Å². The van der Waals surface area contributed by atoms with Crippen LogP contribution in [0, 0.1) is 5.92 Å². The van der Waals surface area contributed by atoms with Gasteiger partial charge in [0.15, 0.2) is 5.96 Å². The molecular weight excluding hydrogens is 415 g/mol. The number of hydrogen-bond acceptors (Lipinski definition) is 2. The maximum atomic E-state index is 11.7. The molecule has 24 heavy (non-hydrogen) atoms. The lowest BCUT2D eigenvalue weighted by molar-refractivity contribution is 0.0963. The average Bonchev–Trinajstić information content (AvgIpc) is 2.55. The third-order valence-electron chi connectivity index (χ3n) is 3.43. The van der Waals surface area contributed by atoms with E-state index in [1.807, 2.05) is 18.2 Å². The Kier molecular flexibility index (Phi) is 12.3. The van der Waals surface area contributed by atoms with Gasteiger partial charge in [-0.15, -0.1) is 24.0 Å². The van der Waals surface area contributed by atoms with Crippen molar-refractivity contribution >= 4 is 35.8 Å². The molecule has 1 aromatic carbocycles. The first-order valence-corrected chi connectivity index (χ1v) is 8.40. The molecule has 0 aliphatic carbocycles.